The SMILES string of the molecule is CC(C)(C)OP1(=O)OCC(C(C)(C)C)O1.[1H]C1(C(C)(C)C)OP(=O)(OC(C)(C)C)OC([3H])([3H])C1([2H])[2H]. The third kappa shape index (κ3) is 10.8. The molecule has 2 aliphatic rings. The maximum atomic E-state index is 12.6. The van der Waals surface area contributed by atoms with E-state index in [0.717, 1.165) is 0 Å². The molecule has 0 aliphatic carbocycles. The highest BCUT2D eigenvalue weighted by Gasteiger charge is 2.46. The molecule has 0 amide bonds. The summed E-state index contributed by atoms with van der Waals surface area (Å²) < 4.78 is 95.2. The summed E-state index contributed by atoms with van der Waals surface area (Å²) in [5.74, 6) is 0. The lowest BCUT2D eigenvalue weighted by atomic mass is 9.87. The summed E-state index contributed by atoms with van der Waals surface area (Å²) in [6.07, 6.45) is -5.48. The fraction of sp³-hybridized carbons (Fsp3) is 1.00. The van der Waals surface area contributed by atoms with Crippen molar-refractivity contribution in [3.05, 3.63) is 0 Å². The summed E-state index contributed by atoms with van der Waals surface area (Å²) in [4.78, 5) is 0. The Hall–Kier alpha value is 0.220. The van der Waals surface area contributed by atoms with Crippen molar-refractivity contribution in [1.29, 1.82) is 0 Å². The molecule has 2 aliphatic heterocycles. The van der Waals surface area contributed by atoms with Crippen LogP contribution in [0.15, 0.2) is 0 Å². The first kappa shape index (κ1) is 21.7. The molecule has 0 bridgehead atoms. The molecule has 4 atom stereocenters. The van der Waals surface area contributed by atoms with Gasteiger partial charge in [-0.05, 0) is 58.7 Å². The minimum absolute atomic E-state index is 0.0899. The number of phosphoric acid groups is 2. The predicted molar refractivity (Wildman–Crippen MR) is 122 cm³/mol. The van der Waals surface area contributed by atoms with Crippen LogP contribution in [0.4, 0.5) is 0 Å². The monoisotopic (exact) mass is 492 g/mol. The average Bonchev–Trinajstić information content (AvgIpc) is 2.90. The molecule has 0 spiro atoms. The van der Waals surface area contributed by atoms with Gasteiger partial charge in [0.2, 0.25) is 0 Å². The molecule has 0 aromatic carbocycles. The molecule has 186 valence electrons. The number of rotatable bonds is 2. The van der Waals surface area contributed by atoms with Crippen molar-refractivity contribution in [2.45, 2.75) is 113 Å². The van der Waals surface area contributed by atoms with E-state index in [1.54, 1.807) is 20.8 Å². The number of hydrogen-bond donors (Lipinski definition) is 0. The van der Waals surface area contributed by atoms with Gasteiger partial charge in [-0.15, -0.1) is 0 Å². The van der Waals surface area contributed by atoms with Gasteiger partial charge in [-0.3, -0.25) is 27.1 Å². The highest BCUT2D eigenvalue weighted by Crippen LogP contribution is 2.60. The van der Waals surface area contributed by atoms with E-state index >= 15 is 0 Å². The molecule has 10 heteroatoms. The Morgan fingerprint density at radius 3 is 1.68 bits per heavy atom. The molecule has 31 heavy (non-hydrogen) atoms. The van der Waals surface area contributed by atoms with Gasteiger partial charge in [-0.25, -0.2) is 9.13 Å². The van der Waals surface area contributed by atoms with Crippen LogP contribution >= 0.6 is 15.6 Å². The molecule has 0 aromatic rings. The van der Waals surface area contributed by atoms with Gasteiger partial charge in [0.05, 0.1) is 40.7 Å². The maximum Gasteiger partial charge on any atom is 0.475 e. The lowest BCUT2D eigenvalue weighted by Gasteiger charge is -2.38. The first-order chi connectivity index (χ1) is 15.4. The Balaban J connectivity index is 0.000000381. The molecule has 2 heterocycles. The molecule has 8 nitrogen and oxygen atoms in total. The first-order valence-electron chi connectivity index (χ1n) is 12.7. The summed E-state index contributed by atoms with van der Waals surface area (Å²) >= 11 is 0. The third-order valence-corrected chi connectivity index (χ3v) is 6.83. The van der Waals surface area contributed by atoms with Crippen molar-refractivity contribution < 1.29 is 43.1 Å². The topological polar surface area (TPSA) is 89.5 Å². The third-order valence-electron chi connectivity index (χ3n) is 3.58. The molecule has 0 N–H and O–H groups in total. The van der Waals surface area contributed by atoms with Gasteiger partial charge in [-0.1, -0.05) is 41.5 Å². The zero-order chi connectivity index (χ0) is 29.0. The van der Waals surface area contributed by atoms with Crippen LogP contribution in [0.2, 0.25) is 0 Å². The van der Waals surface area contributed by atoms with Gasteiger partial charge in [0.15, 0.2) is 0 Å². The van der Waals surface area contributed by atoms with Crippen molar-refractivity contribution in [3.63, 3.8) is 0 Å². The Morgan fingerprint density at radius 2 is 1.32 bits per heavy atom. The average molecular weight is 493 g/mol. The number of hydrogen-bond acceptors (Lipinski definition) is 8. The molecule has 0 radical (unpaired) electrons. The molecule has 2 fully saturated rings. The fourth-order valence-corrected chi connectivity index (χ4v) is 5.46. The smallest absolute Gasteiger partial charge is 0.287 e. The lowest BCUT2D eigenvalue weighted by molar-refractivity contribution is -0.0416. The van der Waals surface area contributed by atoms with E-state index in [-0.39, 0.29) is 11.5 Å². The lowest BCUT2D eigenvalue weighted by Crippen LogP contribution is -2.34. The summed E-state index contributed by atoms with van der Waals surface area (Å²) in [5, 5.41) is 0. The standard InChI is InChI=1S/C11H23O4P.C10H21O4P/c1-10(2,3)9-7-8-13-16(12,14-9)15-11(4,5)6;1-9(2,3)8-7-12-15(11,13-8)14-10(4,5)6/h9H,7-8H2,1-6H3;8H,7H2,1-6H3/i7D2,8T2,9H;. The van der Waals surface area contributed by atoms with Gasteiger partial charge in [0.1, 0.15) is 0 Å². The largest absolute Gasteiger partial charge is 0.475 e. The van der Waals surface area contributed by atoms with E-state index in [1.807, 2.05) is 41.5 Å². The van der Waals surface area contributed by atoms with Crippen LogP contribution in [-0.2, 0) is 36.3 Å². The summed E-state index contributed by atoms with van der Waals surface area (Å²) in [7, 11) is -7.80. The van der Waals surface area contributed by atoms with Crippen LogP contribution in [0, 0.1) is 10.8 Å². The zero-order valence-corrected chi connectivity index (χ0v) is 22.7. The Morgan fingerprint density at radius 1 is 0.871 bits per heavy atom. The molecular formula is C21H44O8P2. The van der Waals surface area contributed by atoms with Gasteiger partial charge in [0.25, 0.3) is 0 Å². The highest BCUT2D eigenvalue weighted by atomic mass is 31.2. The van der Waals surface area contributed by atoms with Crippen molar-refractivity contribution >= 4 is 15.6 Å². The number of phosphoric ester groups is 2. The second-order valence-electron chi connectivity index (χ2n) is 11.5. The van der Waals surface area contributed by atoms with E-state index in [2.05, 4.69) is 0 Å². The van der Waals surface area contributed by atoms with E-state index in [1.165, 1.54) is 20.8 Å². The fourth-order valence-electron chi connectivity index (χ4n) is 2.14. The summed E-state index contributed by atoms with van der Waals surface area (Å²) in [6.45, 7) is 18.1. The normalized spacial score (nSPS) is 41.0. The second-order valence-corrected chi connectivity index (χ2v) is 14.5. The quantitative estimate of drug-likeness (QED) is 0.376. The summed E-state index contributed by atoms with van der Waals surface area (Å²) in [5.41, 5.74) is -2.77. The van der Waals surface area contributed by atoms with E-state index in [4.69, 9.17) is 34.0 Å². The van der Waals surface area contributed by atoms with Crippen molar-refractivity contribution in [3.8, 4) is 0 Å². The van der Waals surface area contributed by atoms with Crippen molar-refractivity contribution in [1.82, 2.24) is 0 Å². The molecule has 0 saturated carbocycles. The minimum atomic E-state index is -4.46. The minimum Gasteiger partial charge on any atom is -0.287 e. The highest BCUT2D eigenvalue weighted by molar-refractivity contribution is 7.49. The predicted octanol–water partition coefficient (Wildman–Crippen LogP) is 7.13. The van der Waals surface area contributed by atoms with Crippen LogP contribution in [-0.4, -0.2) is 36.6 Å². The van der Waals surface area contributed by atoms with Crippen molar-refractivity contribution in [2.24, 2.45) is 10.8 Å². The molecular weight excluding hydrogens is 442 g/mol. The Kier molecular flexibility index (Phi) is 6.90. The zero-order valence-electron chi connectivity index (χ0n) is 25.9. The first-order valence-corrected chi connectivity index (χ1v) is 13.2. The van der Waals surface area contributed by atoms with Crippen LogP contribution in [0.5, 0.6) is 0 Å². The van der Waals surface area contributed by atoms with Gasteiger partial charge in [-0.2, -0.15) is 0 Å². The Labute approximate surface area is 196 Å². The van der Waals surface area contributed by atoms with Gasteiger partial charge in [0, 0.05) is 2.74 Å². The van der Waals surface area contributed by atoms with Crippen LogP contribution in [0.1, 0.15) is 96.3 Å². The second kappa shape index (κ2) is 9.84. The molecule has 0 aromatic heterocycles. The molecule has 2 rings (SSSR count). The van der Waals surface area contributed by atoms with Crippen LogP contribution < -0.4 is 0 Å². The Bertz CT molecular complexity index is 887. The van der Waals surface area contributed by atoms with Gasteiger partial charge < -0.3 is 0 Å². The molecule has 4 unspecified atom stereocenters. The van der Waals surface area contributed by atoms with Crippen molar-refractivity contribution in [2.75, 3.05) is 13.2 Å². The van der Waals surface area contributed by atoms with Gasteiger partial charge >= 0.3 is 15.6 Å². The van der Waals surface area contributed by atoms with E-state index in [0.29, 0.717) is 6.61 Å². The summed E-state index contributed by atoms with van der Waals surface area (Å²) in [6, 6.07) is 0. The van der Waals surface area contributed by atoms with Crippen LogP contribution in [0.3, 0.4) is 0 Å². The van der Waals surface area contributed by atoms with E-state index in [9.17, 15) is 9.13 Å². The molecule has 2 saturated heterocycles. The van der Waals surface area contributed by atoms with E-state index < -0.39 is 51.3 Å². The van der Waals surface area contributed by atoms with Crippen LogP contribution in [0.25, 0.3) is 0 Å². The maximum absolute atomic E-state index is 12.6.